The fourth-order valence-electron chi connectivity index (χ4n) is 2.36. The number of carbonyl (C=O) groups excluding carboxylic acids is 1. The third kappa shape index (κ3) is 3.14. The summed E-state index contributed by atoms with van der Waals surface area (Å²) >= 11 is 0. The van der Waals surface area contributed by atoms with E-state index in [1.54, 1.807) is 11.8 Å². The number of hydrogen-bond acceptors (Lipinski definition) is 4. The monoisotopic (exact) mass is 278 g/mol. The van der Waals surface area contributed by atoms with Crippen molar-refractivity contribution in [2.45, 2.75) is 31.8 Å². The number of amides is 1. The summed E-state index contributed by atoms with van der Waals surface area (Å²) in [4.78, 5) is 29.0. The van der Waals surface area contributed by atoms with Crippen molar-refractivity contribution in [3.8, 4) is 0 Å². The minimum Gasteiger partial charge on any atom is -0.478 e. The van der Waals surface area contributed by atoms with E-state index in [2.05, 4.69) is 4.98 Å². The molecule has 108 valence electrons. The van der Waals surface area contributed by atoms with Crippen LogP contribution in [0.4, 0.5) is 0 Å². The fourth-order valence-corrected chi connectivity index (χ4v) is 2.36. The lowest BCUT2D eigenvalue weighted by Crippen LogP contribution is -2.35. The first-order valence-electron chi connectivity index (χ1n) is 6.61. The van der Waals surface area contributed by atoms with Crippen LogP contribution >= 0.6 is 0 Å². The van der Waals surface area contributed by atoms with E-state index >= 15 is 0 Å². The molecule has 1 aliphatic rings. The van der Waals surface area contributed by atoms with Gasteiger partial charge in [0, 0.05) is 19.3 Å². The predicted octanol–water partition coefficient (Wildman–Crippen LogP) is 1.16. The average Bonchev–Trinajstić information content (AvgIpc) is 2.59. The summed E-state index contributed by atoms with van der Waals surface area (Å²) in [6.45, 7) is 2.66. The Balaban J connectivity index is 2.21. The Hall–Kier alpha value is -1.95. The van der Waals surface area contributed by atoms with Gasteiger partial charge in [-0.2, -0.15) is 0 Å². The molecule has 20 heavy (non-hydrogen) atoms. The average molecular weight is 278 g/mol. The summed E-state index contributed by atoms with van der Waals surface area (Å²) in [5, 5.41) is 19.1. The number of aliphatic hydroxyl groups is 1. The Kier molecular flexibility index (Phi) is 4.04. The number of aromatic carboxylic acids is 1. The fraction of sp³-hybridized carbons (Fsp3) is 0.500. The molecule has 2 heterocycles. The van der Waals surface area contributed by atoms with Crippen molar-refractivity contribution in [3.05, 3.63) is 29.6 Å². The number of likely N-dealkylation sites (tertiary alicyclic amines) is 1. The minimum atomic E-state index is -1.16. The highest BCUT2D eigenvalue weighted by molar-refractivity contribution is 6.03. The number of carbonyl (C=O) groups is 2. The van der Waals surface area contributed by atoms with Crippen LogP contribution in [0.15, 0.2) is 18.3 Å². The maximum Gasteiger partial charge on any atom is 0.338 e. The van der Waals surface area contributed by atoms with Crippen LogP contribution in [0.2, 0.25) is 0 Å². The summed E-state index contributed by atoms with van der Waals surface area (Å²) in [5.74, 6) is -1.55. The Morgan fingerprint density at radius 2 is 2.10 bits per heavy atom. The van der Waals surface area contributed by atoms with E-state index in [9.17, 15) is 14.7 Å². The van der Waals surface area contributed by atoms with Gasteiger partial charge in [0.05, 0.1) is 11.2 Å². The Morgan fingerprint density at radius 1 is 1.35 bits per heavy atom. The van der Waals surface area contributed by atoms with Crippen LogP contribution in [0, 0.1) is 0 Å². The first kappa shape index (κ1) is 14.5. The van der Waals surface area contributed by atoms with E-state index in [1.807, 2.05) is 0 Å². The zero-order valence-corrected chi connectivity index (χ0v) is 11.4. The van der Waals surface area contributed by atoms with Crippen LogP contribution in [0.5, 0.6) is 0 Å². The first-order valence-corrected chi connectivity index (χ1v) is 6.61. The van der Waals surface area contributed by atoms with E-state index in [4.69, 9.17) is 5.11 Å². The SMILES string of the molecule is CC1(O)CCCN(C(=O)c2ncccc2C(=O)O)CC1. The van der Waals surface area contributed by atoms with Crippen LogP contribution in [-0.2, 0) is 0 Å². The molecule has 2 rings (SSSR count). The van der Waals surface area contributed by atoms with Gasteiger partial charge in [0.1, 0.15) is 5.69 Å². The van der Waals surface area contributed by atoms with Crippen LogP contribution in [0.3, 0.4) is 0 Å². The Morgan fingerprint density at radius 3 is 2.80 bits per heavy atom. The Bertz CT molecular complexity index is 528. The third-order valence-corrected chi connectivity index (χ3v) is 3.59. The number of aromatic nitrogens is 1. The summed E-state index contributed by atoms with van der Waals surface area (Å²) in [6, 6.07) is 2.87. The number of carboxylic acid groups (broad SMARTS) is 1. The molecule has 1 amide bonds. The van der Waals surface area contributed by atoms with Crippen molar-refractivity contribution in [2.75, 3.05) is 13.1 Å². The largest absolute Gasteiger partial charge is 0.478 e. The Labute approximate surface area is 117 Å². The van der Waals surface area contributed by atoms with E-state index in [1.165, 1.54) is 18.3 Å². The highest BCUT2D eigenvalue weighted by atomic mass is 16.4. The van der Waals surface area contributed by atoms with Gasteiger partial charge in [0.25, 0.3) is 5.91 Å². The van der Waals surface area contributed by atoms with Crippen LogP contribution in [-0.4, -0.2) is 50.7 Å². The molecule has 0 radical (unpaired) electrons. The molecular weight excluding hydrogens is 260 g/mol. The molecule has 1 fully saturated rings. The standard InChI is InChI=1S/C14H18N2O4/c1-14(20)5-3-8-16(9-6-14)12(17)11-10(13(18)19)4-2-7-15-11/h2,4,7,20H,3,5-6,8-9H2,1H3,(H,18,19). The van der Waals surface area contributed by atoms with Gasteiger partial charge in [-0.1, -0.05) is 0 Å². The predicted molar refractivity (Wildman–Crippen MR) is 71.6 cm³/mol. The van der Waals surface area contributed by atoms with Gasteiger partial charge in [0.15, 0.2) is 0 Å². The van der Waals surface area contributed by atoms with E-state index < -0.39 is 11.6 Å². The molecule has 1 aliphatic heterocycles. The van der Waals surface area contributed by atoms with E-state index in [0.29, 0.717) is 32.4 Å². The maximum absolute atomic E-state index is 12.4. The van der Waals surface area contributed by atoms with Gasteiger partial charge in [-0.3, -0.25) is 9.78 Å². The van der Waals surface area contributed by atoms with Gasteiger partial charge < -0.3 is 15.1 Å². The zero-order valence-electron chi connectivity index (χ0n) is 11.4. The number of rotatable bonds is 2. The van der Waals surface area contributed by atoms with Gasteiger partial charge in [-0.05, 0) is 38.3 Å². The van der Waals surface area contributed by atoms with Crippen molar-refractivity contribution in [3.63, 3.8) is 0 Å². The number of carboxylic acids is 1. The summed E-state index contributed by atoms with van der Waals surface area (Å²) < 4.78 is 0. The molecule has 6 heteroatoms. The van der Waals surface area contributed by atoms with E-state index in [-0.39, 0.29) is 17.2 Å². The molecule has 0 spiro atoms. The summed E-state index contributed by atoms with van der Waals surface area (Å²) in [6.07, 6.45) is 3.21. The van der Waals surface area contributed by atoms with Gasteiger partial charge in [-0.25, -0.2) is 4.79 Å². The molecule has 0 aliphatic carbocycles. The molecule has 1 atom stereocenters. The second-order valence-corrected chi connectivity index (χ2v) is 5.35. The van der Waals surface area contributed by atoms with Crippen LogP contribution < -0.4 is 0 Å². The molecule has 1 aromatic heterocycles. The van der Waals surface area contributed by atoms with Crippen LogP contribution in [0.25, 0.3) is 0 Å². The van der Waals surface area contributed by atoms with Crippen LogP contribution in [0.1, 0.15) is 47.0 Å². The molecule has 0 bridgehead atoms. The molecule has 6 nitrogen and oxygen atoms in total. The minimum absolute atomic E-state index is 0.0402. The van der Waals surface area contributed by atoms with Crippen molar-refractivity contribution >= 4 is 11.9 Å². The lowest BCUT2D eigenvalue weighted by atomic mass is 9.98. The topological polar surface area (TPSA) is 90.7 Å². The maximum atomic E-state index is 12.4. The summed E-state index contributed by atoms with van der Waals surface area (Å²) in [7, 11) is 0. The highest BCUT2D eigenvalue weighted by Crippen LogP contribution is 2.22. The third-order valence-electron chi connectivity index (χ3n) is 3.59. The molecule has 0 saturated carbocycles. The lowest BCUT2D eigenvalue weighted by Gasteiger charge is -2.22. The normalized spacial score (nSPS) is 23.2. The molecule has 1 aromatic rings. The summed E-state index contributed by atoms with van der Waals surface area (Å²) in [5.41, 5.74) is -0.899. The second-order valence-electron chi connectivity index (χ2n) is 5.35. The number of hydrogen-bond donors (Lipinski definition) is 2. The quantitative estimate of drug-likeness (QED) is 0.847. The van der Waals surface area contributed by atoms with Gasteiger partial charge in [-0.15, -0.1) is 0 Å². The van der Waals surface area contributed by atoms with Crippen molar-refractivity contribution in [1.82, 2.24) is 9.88 Å². The molecule has 1 saturated heterocycles. The zero-order chi connectivity index (χ0) is 14.8. The van der Waals surface area contributed by atoms with Crippen molar-refractivity contribution in [1.29, 1.82) is 0 Å². The smallest absolute Gasteiger partial charge is 0.338 e. The van der Waals surface area contributed by atoms with Gasteiger partial charge >= 0.3 is 5.97 Å². The van der Waals surface area contributed by atoms with Crippen molar-refractivity contribution in [2.24, 2.45) is 0 Å². The van der Waals surface area contributed by atoms with E-state index in [0.717, 1.165) is 0 Å². The van der Waals surface area contributed by atoms with Crippen molar-refractivity contribution < 1.29 is 19.8 Å². The van der Waals surface area contributed by atoms with Gasteiger partial charge in [0.2, 0.25) is 0 Å². The second kappa shape index (κ2) is 5.58. The lowest BCUT2D eigenvalue weighted by molar-refractivity contribution is 0.0435. The first-order chi connectivity index (χ1) is 9.41. The molecule has 1 unspecified atom stereocenters. The number of pyridine rings is 1. The number of nitrogens with zero attached hydrogens (tertiary/aromatic N) is 2. The molecule has 2 N–H and O–H groups in total. The highest BCUT2D eigenvalue weighted by Gasteiger charge is 2.29. The molecular formula is C14H18N2O4. The molecule has 0 aromatic carbocycles.